The Balaban J connectivity index is 1.49. The van der Waals surface area contributed by atoms with Gasteiger partial charge >= 0.3 is 5.69 Å². The molecule has 0 atom stereocenters. The summed E-state index contributed by atoms with van der Waals surface area (Å²) >= 11 is 0. The van der Waals surface area contributed by atoms with Gasteiger partial charge in [0.25, 0.3) is 0 Å². The number of fused-ring (bicyclic) bond motifs is 2. The number of nitrogens with zero attached hydrogens (tertiary/aromatic N) is 6. The van der Waals surface area contributed by atoms with Gasteiger partial charge in [-0.05, 0) is 43.7 Å². The lowest BCUT2D eigenvalue weighted by Crippen LogP contribution is -2.40. The first kappa shape index (κ1) is 18.8. The van der Waals surface area contributed by atoms with Gasteiger partial charge in [-0.25, -0.2) is 18.9 Å². The molecule has 0 N–H and O–H groups in total. The first-order chi connectivity index (χ1) is 14.6. The van der Waals surface area contributed by atoms with E-state index in [1.54, 1.807) is 10.5 Å². The summed E-state index contributed by atoms with van der Waals surface area (Å²) in [6.45, 7) is 4.89. The maximum Gasteiger partial charge on any atom is 0.353 e. The minimum atomic E-state index is -0.309. The molecule has 1 saturated heterocycles. The van der Waals surface area contributed by atoms with Crippen molar-refractivity contribution in [1.29, 1.82) is 0 Å². The van der Waals surface area contributed by atoms with Gasteiger partial charge < -0.3 is 9.80 Å². The van der Waals surface area contributed by atoms with Gasteiger partial charge in [0.1, 0.15) is 6.54 Å². The van der Waals surface area contributed by atoms with Crippen LogP contribution in [0, 0.1) is 6.92 Å². The molecule has 0 saturated carbocycles. The molecule has 0 bridgehead atoms. The Morgan fingerprint density at radius 1 is 1.07 bits per heavy atom. The quantitative estimate of drug-likeness (QED) is 0.663. The van der Waals surface area contributed by atoms with E-state index in [4.69, 9.17) is 0 Å². The van der Waals surface area contributed by atoms with Crippen molar-refractivity contribution in [3.05, 3.63) is 57.6 Å². The van der Waals surface area contributed by atoms with Crippen LogP contribution in [0.4, 0.5) is 5.95 Å². The maximum absolute atomic E-state index is 13.2. The molecule has 8 nitrogen and oxygen atoms in total. The number of aryl methyl sites for hydroxylation is 1. The van der Waals surface area contributed by atoms with Gasteiger partial charge in [0.2, 0.25) is 11.9 Å². The molecule has 4 heterocycles. The SMILES string of the molecule is Cc1cc2nn(CC(=O)N3CCCCC3)c(=O)n2c(N2CCc3ccccc3C2)n1. The van der Waals surface area contributed by atoms with Crippen LogP contribution in [0.3, 0.4) is 0 Å². The van der Waals surface area contributed by atoms with E-state index in [1.165, 1.54) is 15.8 Å². The molecule has 2 aliphatic heterocycles. The van der Waals surface area contributed by atoms with Crippen LogP contribution in [0.2, 0.25) is 0 Å². The number of benzene rings is 1. The zero-order valence-corrected chi connectivity index (χ0v) is 17.3. The molecule has 3 aromatic rings. The van der Waals surface area contributed by atoms with E-state index in [1.807, 2.05) is 17.9 Å². The van der Waals surface area contributed by atoms with Gasteiger partial charge in [-0.15, -0.1) is 5.10 Å². The molecular formula is C22H26N6O2. The molecule has 156 valence electrons. The Morgan fingerprint density at radius 3 is 2.63 bits per heavy atom. The number of carbonyl (C=O) groups excluding carboxylic acids is 1. The summed E-state index contributed by atoms with van der Waals surface area (Å²) in [4.78, 5) is 34.5. The number of amides is 1. The number of carbonyl (C=O) groups is 1. The van der Waals surface area contributed by atoms with Crippen LogP contribution in [0.5, 0.6) is 0 Å². The van der Waals surface area contributed by atoms with E-state index < -0.39 is 0 Å². The smallest absolute Gasteiger partial charge is 0.341 e. The lowest BCUT2D eigenvalue weighted by atomic mass is 10.0. The van der Waals surface area contributed by atoms with Crippen LogP contribution in [-0.2, 0) is 24.3 Å². The van der Waals surface area contributed by atoms with Gasteiger partial charge in [-0.1, -0.05) is 24.3 Å². The minimum absolute atomic E-state index is 0.0260. The summed E-state index contributed by atoms with van der Waals surface area (Å²) in [5.41, 5.74) is 3.62. The lowest BCUT2D eigenvalue weighted by Gasteiger charge is -2.29. The zero-order valence-electron chi connectivity index (χ0n) is 17.3. The molecule has 2 aliphatic rings. The molecule has 8 heteroatoms. The summed E-state index contributed by atoms with van der Waals surface area (Å²) in [6.07, 6.45) is 4.11. The largest absolute Gasteiger partial charge is 0.353 e. The summed E-state index contributed by atoms with van der Waals surface area (Å²) in [5, 5.41) is 4.46. The standard InChI is InChI=1S/C22H26N6O2/c1-16-13-19-24-27(15-20(29)25-10-5-2-6-11-25)22(30)28(19)21(23-16)26-12-9-17-7-3-4-8-18(17)14-26/h3-4,7-8,13H,2,5-6,9-12,14-15H2,1H3. The molecule has 30 heavy (non-hydrogen) atoms. The van der Waals surface area contributed by atoms with Gasteiger partial charge in [0.05, 0.1) is 0 Å². The number of hydrogen-bond donors (Lipinski definition) is 0. The molecule has 1 amide bonds. The fourth-order valence-electron chi connectivity index (χ4n) is 4.49. The Kier molecular flexibility index (Phi) is 4.77. The predicted octanol–water partition coefficient (Wildman–Crippen LogP) is 1.77. The Hall–Kier alpha value is -3.16. The molecule has 5 rings (SSSR count). The number of likely N-dealkylation sites (tertiary alicyclic amines) is 1. The fraction of sp³-hybridized carbons (Fsp3) is 0.455. The summed E-state index contributed by atoms with van der Waals surface area (Å²) < 4.78 is 2.83. The van der Waals surface area contributed by atoms with Crippen LogP contribution >= 0.6 is 0 Å². The maximum atomic E-state index is 13.2. The van der Waals surface area contributed by atoms with Crippen molar-refractivity contribution >= 4 is 17.5 Å². The normalized spacial score (nSPS) is 16.7. The topological polar surface area (TPSA) is 75.7 Å². The second-order valence-corrected chi connectivity index (χ2v) is 8.21. The Labute approximate surface area is 174 Å². The third kappa shape index (κ3) is 3.36. The van der Waals surface area contributed by atoms with E-state index in [0.29, 0.717) is 18.1 Å². The molecule has 2 aromatic heterocycles. The molecule has 0 spiro atoms. The summed E-state index contributed by atoms with van der Waals surface area (Å²) in [5.74, 6) is 0.555. The van der Waals surface area contributed by atoms with Crippen molar-refractivity contribution in [1.82, 2.24) is 24.1 Å². The summed E-state index contributed by atoms with van der Waals surface area (Å²) in [7, 11) is 0. The highest BCUT2D eigenvalue weighted by molar-refractivity contribution is 5.76. The second kappa shape index (κ2) is 7.59. The average Bonchev–Trinajstić information content (AvgIpc) is 3.08. The highest BCUT2D eigenvalue weighted by Crippen LogP contribution is 2.23. The first-order valence-corrected chi connectivity index (χ1v) is 10.7. The second-order valence-electron chi connectivity index (χ2n) is 8.21. The average molecular weight is 406 g/mol. The van der Waals surface area contributed by atoms with Gasteiger partial charge in [0, 0.05) is 37.9 Å². The number of aromatic nitrogens is 4. The predicted molar refractivity (Wildman–Crippen MR) is 114 cm³/mol. The molecule has 1 aromatic carbocycles. The van der Waals surface area contributed by atoms with Crippen LogP contribution < -0.4 is 10.6 Å². The minimum Gasteiger partial charge on any atom is -0.341 e. The van der Waals surface area contributed by atoms with Gasteiger partial charge in [-0.3, -0.25) is 4.79 Å². The van der Waals surface area contributed by atoms with E-state index in [0.717, 1.165) is 51.0 Å². The van der Waals surface area contributed by atoms with E-state index in [2.05, 4.69) is 33.2 Å². The van der Waals surface area contributed by atoms with Crippen molar-refractivity contribution in [2.45, 2.75) is 45.7 Å². The van der Waals surface area contributed by atoms with Crippen LogP contribution in [0.1, 0.15) is 36.1 Å². The van der Waals surface area contributed by atoms with E-state index >= 15 is 0 Å². The lowest BCUT2D eigenvalue weighted by molar-refractivity contribution is -0.133. The molecule has 0 radical (unpaired) electrons. The van der Waals surface area contributed by atoms with Crippen molar-refractivity contribution in [3.8, 4) is 0 Å². The van der Waals surface area contributed by atoms with E-state index in [9.17, 15) is 9.59 Å². The number of anilines is 1. The third-order valence-corrected chi connectivity index (χ3v) is 6.09. The summed E-state index contributed by atoms with van der Waals surface area (Å²) in [6, 6.07) is 10.2. The van der Waals surface area contributed by atoms with Crippen molar-refractivity contribution < 1.29 is 4.79 Å². The highest BCUT2D eigenvalue weighted by Gasteiger charge is 2.24. The molecular weight excluding hydrogens is 380 g/mol. The van der Waals surface area contributed by atoms with Crippen molar-refractivity contribution in [2.24, 2.45) is 0 Å². The Bertz CT molecular complexity index is 1160. The molecule has 1 fully saturated rings. The van der Waals surface area contributed by atoms with Crippen LogP contribution in [0.25, 0.3) is 5.65 Å². The first-order valence-electron chi connectivity index (χ1n) is 10.7. The number of hydrogen-bond acceptors (Lipinski definition) is 5. The van der Waals surface area contributed by atoms with Crippen LogP contribution in [0.15, 0.2) is 35.1 Å². The van der Waals surface area contributed by atoms with E-state index in [-0.39, 0.29) is 18.1 Å². The molecule has 0 aliphatic carbocycles. The van der Waals surface area contributed by atoms with Crippen molar-refractivity contribution in [2.75, 3.05) is 24.5 Å². The monoisotopic (exact) mass is 406 g/mol. The number of piperidine rings is 1. The zero-order chi connectivity index (χ0) is 20.7. The number of rotatable bonds is 3. The highest BCUT2D eigenvalue weighted by atomic mass is 16.2. The van der Waals surface area contributed by atoms with Gasteiger partial charge in [-0.2, -0.15) is 0 Å². The fourth-order valence-corrected chi connectivity index (χ4v) is 4.49. The third-order valence-electron chi connectivity index (χ3n) is 6.09. The van der Waals surface area contributed by atoms with Crippen molar-refractivity contribution in [3.63, 3.8) is 0 Å². The van der Waals surface area contributed by atoms with Crippen LogP contribution in [-0.4, -0.2) is 49.6 Å². The van der Waals surface area contributed by atoms with Gasteiger partial charge in [0.15, 0.2) is 5.65 Å². The Morgan fingerprint density at radius 2 is 1.83 bits per heavy atom. The molecule has 0 unspecified atom stereocenters.